The molecule has 0 aliphatic carbocycles. The van der Waals surface area contributed by atoms with Crippen LogP contribution in [-0.2, 0) is 17.9 Å². The molecule has 3 amide bonds. The molecule has 0 fully saturated rings. The summed E-state index contributed by atoms with van der Waals surface area (Å²) in [6.45, 7) is 8.07. The number of imidazole rings is 1. The van der Waals surface area contributed by atoms with E-state index < -0.39 is 11.4 Å². The number of amides is 3. The van der Waals surface area contributed by atoms with Crippen LogP contribution in [0.3, 0.4) is 0 Å². The van der Waals surface area contributed by atoms with Crippen LogP contribution in [0.1, 0.15) is 54.2 Å². The number of nitrogens with zero attached hydrogens (tertiary/aromatic N) is 3. The molecule has 2 heterocycles. The normalized spacial score (nSPS) is 18.0. The fourth-order valence-corrected chi connectivity index (χ4v) is 3.80. The molecule has 1 atom stereocenters. The number of aromatic nitrogens is 2. The molecule has 2 N–H and O–H groups in total. The number of ether oxygens (including phenoxy) is 1. The zero-order valence-corrected chi connectivity index (χ0v) is 18.6. The molecule has 31 heavy (non-hydrogen) atoms. The van der Waals surface area contributed by atoms with Crippen LogP contribution in [0.5, 0.6) is 5.75 Å². The summed E-state index contributed by atoms with van der Waals surface area (Å²) in [4.78, 5) is 44.6. The number of nitrogens with one attached hydrogen (secondary N) is 2. The first-order valence-corrected chi connectivity index (χ1v) is 10.3. The van der Waals surface area contributed by atoms with Crippen LogP contribution in [0.25, 0.3) is 0 Å². The molecule has 0 saturated heterocycles. The largest absolute Gasteiger partial charge is 0.497 e. The van der Waals surface area contributed by atoms with Crippen molar-refractivity contribution in [1.29, 1.82) is 0 Å². The van der Waals surface area contributed by atoms with Crippen LogP contribution in [0, 0.1) is 0 Å². The molecule has 166 valence electrons. The van der Waals surface area contributed by atoms with Crippen molar-refractivity contribution < 1.29 is 19.1 Å². The van der Waals surface area contributed by atoms with Crippen LogP contribution in [0.4, 0.5) is 0 Å². The van der Waals surface area contributed by atoms with E-state index in [2.05, 4.69) is 15.6 Å². The van der Waals surface area contributed by atoms with E-state index in [1.807, 2.05) is 45.0 Å². The second kappa shape index (κ2) is 8.79. The van der Waals surface area contributed by atoms with E-state index in [-0.39, 0.29) is 35.8 Å². The number of likely N-dealkylation sites (N-methyl/N-ethyl adjacent to an activating group) is 1. The Hall–Kier alpha value is -3.36. The van der Waals surface area contributed by atoms with E-state index in [1.165, 1.54) is 11.2 Å². The van der Waals surface area contributed by atoms with Gasteiger partial charge in [-0.25, -0.2) is 4.98 Å². The number of methoxy groups -OCH3 is 1. The first-order valence-electron chi connectivity index (χ1n) is 10.3. The van der Waals surface area contributed by atoms with Gasteiger partial charge >= 0.3 is 0 Å². The van der Waals surface area contributed by atoms with Crippen LogP contribution in [-0.4, -0.2) is 57.4 Å². The number of hydrogen-bond donors (Lipinski definition) is 2. The minimum Gasteiger partial charge on any atom is -0.497 e. The van der Waals surface area contributed by atoms with Crippen molar-refractivity contribution in [2.75, 3.05) is 13.7 Å². The molecule has 1 aliphatic rings. The number of benzene rings is 1. The Kier molecular flexibility index (Phi) is 6.33. The lowest BCUT2D eigenvalue weighted by atomic mass is 9.94. The van der Waals surface area contributed by atoms with E-state index >= 15 is 0 Å². The average molecular weight is 428 g/mol. The predicted molar refractivity (Wildman–Crippen MR) is 115 cm³/mol. The van der Waals surface area contributed by atoms with Crippen molar-refractivity contribution in [1.82, 2.24) is 25.1 Å². The standard InChI is InChI=1S/C22H29N5O4/c1-6-27-20(29)18-17(19(28)25-14(2)3)24-13-26(18)12-22(27,4)21(30)23-11-15-7-9-16(31-5)10-8-15/h7-10,13-14H,6,11-12H2,1-5H3,(H,23,30)(H,25,28)/t22-/m0/s1. The van der Waals surface area contributed by atoms with Crippen molar-refractivity contribution in [3.8, 4) is 5.75 Å². The minimum absolute atomic E-state index is 0.0813. The average Bonchev–Trinajstić information content (AvgIpc) is 3.16. The van der Waals surface area contributed by atoms with Gasteiger partial charge in [-0.1, -0.05) is 12.1 Å². The first-order chi connectivity index (χ1) is 14.7. The third-order valence-corrected chi connectivity index (χ3v) is 5.41. The van der Waals surface area contributed by atoms with Crippen molar-refractivity contribution in [3.63, 3.8) is 0 Å². The molecule has 0 radical (unpaired) electrons. The highest BCUT2D eigenvalue weighted by molar-refractivity contribution is 6.07. The van der Waals surface area contributed by atoms with Crippen LogP contribution >= 0.6 is 0 Å². The predicted octanol–water partition coefficient (Wildman–Crippen LogP) is 1.58. The summed E-state index contributed by atoms with van der Waals surface area (Å²) in [5.74, 6) is -0.323. The Morgan fingerprint density at radius 3 is 2.52 bits per heavy atom. The van der Waals surface area contributed by atoms with E-state index in [1.54, 1.807) is 18.6 Å². The molecule has 9 heteroatoms. The Morgan fingerprint density at radius 1 is 1.26 bits per heavy atom. The Balaban J connectivity index is 1.82. The lowest BCUT2D eigenvalue weighted by Gasteiger charge is -2.43. The van der Waals surface area contributed by atoms with E-state index in [0.29, 0.717) is 13.1 Å². The third kappa shape index (κ3) is 4.26. The van der Waals surface area contributed by atoms with Crippen LogP contribution in [0.15, 0.2) is 30.6 Å². The van der Waals surface area contributed by atoms with Gasteiger partial charge in [-0.15, -0.1) is 0 Å². The first kappa shape index (κ1) is 22.3. The summed E-state index contributed by atoms with van der Waals surface area (Å²) in [6, 6.07) is 7.32. The molecule has 0 bridgehead atoms. The number of carbonyl (C=O) groups is 3. The smallest absolute Gasteiger partial charge is 0.273 e. The van der Waals surface area contributed by atoms with Gasteiger partial charge in [0.1, 0.15) is 17.0 Å². The molecular weight excluding hydrogens is 398 g/mol. The van der Waals surface area contributed by atoms with Crippen molar-refractivity contribution in [2.45, 2.75) is 52.4 Å². The molecule has 3 rings (SSSR count). The van der Waals surface area contributed by atoms with Crippen LogP contribution in [0.2, 0.25) is 0 Å². The molecule has 1 aromatic carbocycles. The quantitative estimate of drug-likeness (QED) is 0.698. The number of hydrogen-bond acceptors (Lipinski definition) is 5. The monoisotopic (exact) mass is 427 g/mol. The van der Waals surface area contributed by atoms with Gasteiger partial charge in [0.2, 0.25) is 5.91 Å². The van der Waals surface area contributed by atoms with Gasteiger partial charge in [0.05, 0.1) is 20.0 Å². The molecule has 2 aromatic rings. The number of rotatable bonds is 7. The van der Waals surface area contributed by atoms with E-state index in [9.17, 15) is 14.4 Å². The van der Waals surface area contributed by atoms with Gasteiger partial charge in [0, 0.05) is 19.1 Å². The van der Waals surface area contributed by atoms with Crippen molar-refractivity contribution in [2.24, 2.45) is 0 Å². The molecule has 1 aliphatic heterocycles. The fraction of sp³-hybridized carbons (Fsp3) is 0.455. The zero-order chi connectivity index (χ0) is 22.8. The summed E-state index contributed by atoms with van der Waals surface area (Å²) < 4.78 is 6.74. The molecule has 9 nitrogen and oxygen atoms in total. The van der Waals surface area contributed by atoms with Crippen LogP contribution < -0.4 is 15.4 Å². The Bertz CT molecular complexity index is 982. The Morgan fingerprint density at radius 2 is 1.94 bits per heavy atom. The maximum absolute atomic E-state index is 13.3. The van der Waals surface area contributed by atoms with Gasteiger partial charge < -0.3 is 24.8 Å². The zero-order valence-electron chi connectivity index (χ0n) is 18.6. The third-order valence-electron chi connectivity index (χ3n) is 5.41. The van der Waals surface area contributed by atoms with Crippen molar-refractivity contribution in [3.05, 3.63) is 47.5 Å². The summed E-state index contributed by atoms with van der Waals surface area (Å²) in [7, 11) is 1.60. The molecule has 1 aromatic heterocycles. The maximum atomic E-state index is 13.3. The SMILES string of the molecule is CCN1C(=O)c2c(C(=O)NC(C)C)ncn2C[C@@]1(C)C(=O)NCc1ccc(OC)cc1. The lowest BCUT2D eigenvalue weighted by Crippen LogP contribution is -2.63. The van der Waals surface area contributed by atoms with E-state index in [4.69, 9.17) is 4.74 Å². The summed E-state index contributed by atoms with van der Waals surface area (Å²) in [6.07, 6.45) is 1.45. The van der Waals surface area contributed by atoms with Gasteiger partial charge in [-0.3, -0.25) is 14.4 Å². The summed E-state index contributed by atoms with van der Waals surface area (Å²) >= 11 is 0. The second-order valence-electron chi connectivity index (χ2n) is 8.05. The minimum atomic E-state index is -1.11. The van der Waals surface area contributed by atoms with Gasteiger partial charge in [-0.2, -0.15) is 0 Å². The van der Waals surface area contributed by atoms with E-state index in [0.717, 1.165) is 11.3 Å². The number of carbonyl (C=O) groups excluding carboxylic acids is 3. The summed E-state index contributed by atoms with van der Waals surface area (Å²) in [5.41, 5.74) is 0.0924. The van der Waals surface area contributed by atoms with Crippen molar-refractivity contribution >= 4 is 17.7 Å². The fourth-order valence-electron chi connectivity index (χ4n) is 3.80. The second-order valence-corrected chi connectivity index (χ2v) is 8.05. The number of fused-ring (bicyclic) bond motifs is 1. The Labute approximate surface area is 181 Å². The summed E-state index contributed by atoms with van der Waals surface area (Å²) in [5, 5.41) is 5.70. The highest BCUT2D eigenvalue weighted by Crippen LogP contribution is 2.28. The highest BCUT2D eigenvalue weighted by atomic mass is 16.5. The molecular formula is C22H29N5O4. The molecule has 0 spiro atoms. The van der Waals surface area contributed by atoms with Gasteiger partial charge in [0.15, 0.2) is 5.69 Å². The lowest BCUT2D eigenvalue weighted by molar-refractivity contribution is -0.132. The highest BCUT2D eigenvalue weighted by Gasteiger charge is 2.48. The van der Waals surface area contributed by atoms with Gasteiger partial charge in [0.25, 0.3) is 11.8 Å². The topological polar surface area (TPSA) is 106 Å². The van der Waals surface area contributed by atoms with Gasteiger partial charge in [-0.05, 0) is 45.4 Å². The molecule has 0 saturated carbocycles. The molecule has 0 unspecified atom stereocenters. The maximum Gasteiger partial charge on any atom is 0.273 e.